The number of carbonyl (C=O) groups is 1. The highest BCUT2D eigenvalue weighted by Gasteiger charge is 2.13. The molecule has 1 N–H and O–H groups in total. The van der Waals surface area contributed by atoms with Gasteiger partial charge < -0.3 is 15.0 Å². The summed E-state index contributed by atoms with van der Waals surface area (Å²) in [4.78, 5) is 14.0. The maximum Gasteiger partial charge on any atom is 0.230 e. The second-order valence-corrected chi connectivity index (χ2v) is 5.19. The molecule has 1 fully saturated rings. The van der Waals surface area contributed by atoms with Gasteiger partial charge >= 0.3 is 0 Å². The second kappa shape index (κ2) is 7.15. The van der Waals surface area contributed by atoms with E-state index in [1.807, 2.05) is 0 Å². The number of hydrogen-bond donors (Lipinski definition) is 1. The zero-order chi connectivity index (χ0) is 16.1. The Kier molecular flexibility index (Phi) is 4.77. The molecular weight excluding hydrogens is 299 g/mol. The van der Waals surface area contributed by atoms with E-state index < -0.39 is 5.82 Å². The van der Waals surface area contributed by atoms with Crippen LogP contribution in [0.3, 0.4) is 0 Å². The molecule has 2 heterocycles. The Morgan fingerprint density at radius 1 is 1.17 bits per heavy atom. The van der Waals surface area contributed by atoms with E-state index in [0.29, 0.717) is 24.6 Å². The van der Waals surface area contributed by atoms with Crippen LogP contribution in [-0.2, 0) is 16.0 Å². The normalized spacial score (nSPS) is 14.6. The molecule has 1 saturated heterocycles. The lowest BCUT2D eigenvalue weighted by Crippen LogP contribution is -2.36. The molecule has 0 radical (unpaired) electrons. The van der Waals surface area contributed by atoms with E-state index in [4.69, 9.17) is 4.74 Å². The predicted molar refractivity (Wildman–Crippen MR) is 83.8 cm³/mol. The zero-order valence-electron chi connectivity index (χ0n) is 12.5. The Morgan fingerprint density at radius 2 is 1.96 bits per heavy atom. The lowest BCUT2D eigenvalue weighted by atomic mass is 10.1. The summed E-state index contributed by atoms with van der Waals surface area (Å²) in [7, 11) is 0. The van der Waals surface area contributed by atoms with E-state index in [2.05, 4.69) is 20.4 Å². The van der Waals surface area contributed by atoms with E-state index in [-0.39, 0.29) is 12.3 Å². The summed E-state index contributed by atoms with van der Waals surface area (Å²) in [5, 5.41) is 10.7. The summed E-state index contributed by atoms with van der Waals surface area (Å²) in [5.41, 5.74) is 0.350. The Hall–Kier alpha value is -2.54. The van der Waals surface area contributed by atoms with Crippen LogP contribution in [0.1, 0.15) is 5.56 Å². The van der Waals surface area contributed by atoms with Crippen molar-refractivity contribution in [2.45, 2.75) is 6.42 Å². The highest BCUT2D eigenvalue weighted by atomic mass is 19.1. The van der Waals surface area contributed by atoms with Crippen molar-refractivity contribution < 1.29 is 13.9 Å². The third kappa shape index (κ3) is 4.01. The molecule has 3 rings (SSSR count). The van der Waals surface area contributed by atoms with Gasteiger partial charge in [-0.05, 0) is 23.8 Å². The van der Waals surface area contributed by atoms with Gasteiger partial charge in [0.2, 0.25) is 5.91 Å². The number of nitrogens with one attached hydrogen (secondary N) is 1. The van der Waals surface area contributed by atoms with Crippen molar-refractivity contribution in [2.24, 2.45) is 0 Å². The fourth-order valence-corrected chi connectivity index (χ4v) is 2.35. The number of carbonyl (C=O) groups excluding carboxylic acids is 1. The molecule has 2 aromatic rings. The average Bonchev–Trinajstić information content (AvgIpc) is 2.58. The van der Waals surface area contributed by atoms with Crippen LogP contribution >= 0.6 is 0 Å². The first-order valence-electron chi connectivity index (χ1n) is 7.42. The van der Waals surface area contributed by atoms with Crippen LogP contribution in [0.2, 0.25) is 0 Å². The first-order valence-corrected chi connectivity index (χ1v) is 7.42. The maximum absolute atomic E-state index is 13.5. The molecular formula is C16H17FN4O2. The molecule has 1 aromatic carbocycles. The van der Waals surface area contributed by atoms with E-state index in [0.717, 1.165) is 18.9 Å². The van der Waals surface area contributed by atoms with Crippen molar-refractivity contribution in [1.82, 2.24) is 10.2 Å². The van der Waals surface area contributed by atoms with E-state index >= 15 is 0 Å². The van der Waals surface area contributed by atoms with Crippen molar-refractivity contribution >= 4 is 17.5 Å². The van der Waals surface area contributed by atoms with Gasteiger partial charge in [0.25, 0.3) is 0 Å². The minimum absolute atomic E-state index is 0.0421. The quantitative estimate of drug-likeness (QED) is 0.929. The molecule has 0 unspecified atom stereocenters. The van der Waals surface area contributed by atoms with Crippen LogP contribution in [0.5, 0.6) is 0 Å². The standard InChI is InChI=1S/C16H17FN4O2/c17-13-4-2-1-3-12(13)11-16(22)18-14-5-6-15(20-19-14)21-7-9-23-10-8-21/h1-6H,7-11H2,(H,18,19,22). The molecule has 23 heavy (non-hydrogen) atoms. The monoisotopic (exact) mass is 316 g/mol. The molecule has 1 aliphatic rings. The number of anilines is 2. The van der Waals surface area contributed by atoms with Crippen molar-refractivity contribution in [2.75, 3.05) is 36.5 Å². The van der Waals surface area contributed by atoms with Gasteiger partial charge in [0, 0.05) is 13.1 Å². The predicted octanol–water partition coefficient (Wildman–Crippen LogP) is 1.63. The lowest BCUT2D eigenvalue weighted by Gasteiger charge is -2.27. The van der Waals surface area contributed by atoms with Crippen LogP contribution in [0.15, 0.2) is 36.4 Å². The van der Waals surface area contributed by atoms with Gasteiger partial charge in [-0.2, -0.15) is 0 Å². The van der Waals surface area contributed by atoms with Gasteiger partial charge in [0.15, 0.2) is 11.6 Å². The lowest BCUT2D eigenvalue weighted by molar-refractivity contribution is -0.115. The van der Waals surface area contributed by atoms with Gasteiger partial charge in [-0.1, -0.05) is 18.2 Å². The number of morpholine rings is 1. The smallest absolute Gasteiger partial charge is 0.230 e. The fourth-order valence-electron chi connectivity index (χ4n) is 2.35. The number of ether oxygens (including phenoxy) is 1. The summed E-state index contributed by atoms with van der Waals surface area (Å²) >= 11 is 0. The number of hydrogen-bond acceptors (Lipinski definition) is 5. The molecule has 0 saturated carbocycles. The molecule has 6 nitrogen and oxygen atoms in total. The third-order valence-electron chi connectivity index (χ3n) is 3.56. The topological polar surface area (TPSA) is 67.4 Å². The maximum atomic E-state index is 13.5. The summed E-state index contributed by atoms with van der Waals surface area (Å²) in [6.45, 7) is 2.88. The summed E-state index contributed by atoms with van der Waals surface area (Å²) in [6.07, 6.45) is -0.0421. The van der Waals surface area contributed by atoms with Crippen LogP contribution in [0.25, 0.3) is 0 Å². The Labute approximate surface area is 133 Å². The SMILES string of the molecule is O=C(Cc1ccccc1F)Nc1ccc(N2CCOCC2)nn1. The fraction of sp³-hybridized carbons (Fsp3) is 0.312. The van der Waals surface area contributed by atoms with Crippen LogP contribution in [-0.4, -0.2) is 42.4 Å². The average molecular weight is 316 g/mol. The number of aromatic nitrogens is 2. The van der Waals surface area contributed by atoms with Gasteiger partial charge in [-0.3, -0.25) is 4.79 Å². The number of halogens is 1. The summed E-state index contributed by atoms with van der Waals surface area (Å²) in [6, 6.07) is 9.70. The highest BCUT2D eigenvalue weighted by Crippen LogP contribution is 2.14. The first kappa shape index (κ1) is 15.4. The second-order valence-electron chi connectivity index (χ2n) is 5.19. The largest absolute Gasteiger partial charge is 0.378 e. The Bertz CT molecular complexity index is 672. The van der Waals surface area contributed by atoms with Gasteiger partial charge in [-0.25, -0.2) is 4.39 Å². The van der Waals surface area contributed by atoms with Crippen molar-refractivity contribution in [3.8, 4) is 0 Å². The van der Waals surface area contributed by atoms with Crippen LogP contribution in [0.4, 0.5) is 16.0 Å². The van der Waals surface area contributed by atoms with Gasteiger partial charge in [0.05, 0.1) is 19.6 Å². The van der Waals surface area contributed by atoms with Crippen molar-refractivity contribution in [3.63, 3.8) is 0 Å². The van der Waals surface area contributed by atoms with Crippen molar-refractivity contribution in [3.05, 3.63) is 47.8 Å². The molecule has 1 aliphatic heterocycles. The molecule has 1 amide bonds. The summed E-state index contributed by atoms with van der Waals surface area (Å²) < 4.78 is 18.8. The molecule has 0 atom stereocenters. The third-order valence-corrected chi connectivity index (χ3v) is 3.56. The van der Waals surface area contributed by atoms with E-state index in [9.17, 15) is 9.18 Å². The molecule has 0 aliphatic carbocycles. The molecule has 0 spiro atoms. The molecule has 120 valence electrons. The number of benzene rings is 1. The molecule has 1 aromatic heterocycles. The molecule has 0 bridgehead atoms. The minimum Gasteiger partial charge on any atom is -0.378 e. The number of nitrogens with zero attached hydrogens (tertiary/aromatic N) is 3. The first-order chi connectivity index (χ1) is 11.2. The number of amides is 1. The van der Waals surface area contributed by atoms with Crippen LogP contribution < -0.4 is 10.2 Å². The van der Waals surface area contributed by atoms with Crippen LogP contribution in [0, 0.1) is 5.82 Å². The van der Waals surface area contributed by atoms with Crippen molar-refractivity contribution in [1.29, 1.82) is 0 Å². The number of rotatable bonds is 4. The minimum atomic E-state index is -0.392. The van der Waals surface area contributed by atoms with E-state index in [1.54, 1.807) is 30.3 Å². The Morgan fingerprint density at radius 3 is 2.65 bits per heavy atom. The summed E-state index contributed by atoms with van der Waals surface area (Å²) in [5.74, 6) is 0.378. The van der Waals surface area contributed by atoms with E-state index in [1.165, 1.54) is 6.07 Å². The van der Waals surface area contributed by atoms with Gasteiger partial charge in [-0.15, -0.1) is 10.2 Å². The molecule has 7 heteroatoms. The Balaban J connectivity index is 1.59. The van der Waals surface area contributed by atoms with Gasteiger partial charge in [0.1, 0.15) is 5.82 Å². The highest BCUT2D eigenvalue weighted by molar-refractivity contribution is 5.91. The zero-order valence-corrected chi connectivity index (χ0v) is 12.5.